The minimum absolute atomic E-state index is 0.0494. The molecule has 0 bridgehead atoms. The Kier molecular flexibility index (Phi) is 2.74. The van der Waals surface area contributed by atoms with Gasteiger partial charge in [-0.3, -0.25) is 4.79 Å². The first-order valence-corrected chi connectivity index (χ1v) is 5.34. The van der Waals surface area contributed by atoms with Crippen molar-refractivity contribution in [2.45, 2.75) is 13.0 Å². The van der Waals surface area contributed by atoms with Gasteiger partial charge in [0.15, 0.2) is 0 Å². The van der Waals surface area contributed by atoms with Crippen LogP contribution in [0.25, 0.3) is 0 Å². The number of amides is 1. The summed E-state index contributed by atoms with van der Waals surface area (Å²) in [5.74, 6) is 0.0494. The van der Waals surface area contributed by atoms with Crippen LogP contribution in [0.5, 0.6) is 0 Å². The van der Waals surface area contributed by atoms with Gasteiger partial charge >= 0.3 is 0 Å². The van der Waals surface area contributed by atoms with Crippen molar-refractivity contribution in [3.63, 3.8) is 0 Å². The molecule has 2 rings (SSSR count). The highest BCUT2D eigenvalue weighted by Gasteiger charge is 2.22. The van der Waals surface area contributed by atoms with Gasteiger partial charge in [-0.1, -0.05) is 4.49 Å². The summed E-state index contributed by atoms with van der Waals surface area (Å²) in [6.45, 7) is 4.46. The molecule has 5 nitrogen and oxygen atoms in total. The van der Waals surface area contributed by atoms with Gasteiger partial charge in [0.1, 0.15) is 4.88 Å². The molecule has 2 heterocycles. The topological polar surface area (TPSA) is 58.1 Å². The number of hydrogen-bond donors (Lipinski definition) is 1. The number of nitrogens with zero attached hydrogens (tertiary/aromatic N) is 3. The molecule has 0 saturated carbocycles. The Morgan fingerprint density at radius 3 is 3.29 bits per heavy atom. The Balaban J connectivity index is 2.04. The maximum Gasteiger partial charge on any atom is 0.267 e. The molecule has 1 aliphatic heterocycles. The minimum Gasteiger partial charge on any atom is -0.335 e. The average molecular weight is 212 g/mol. The zero-order valence-electron chi connectivity index (χ0n) is 7.93. The number of hydrogen-bond acceptors (Lipinski definition) is 5. The van der Waals surface area contributed by atoms with Crippen molar-refractivity contribution in [3.05, 3.63) is 11.1 Å². The second-order valence-corrected chi connectivity index (χ2v) is 4.17. The maximum atomic E-state index is 11.8. The molecule has 1 aromatic heterocycles. The van der Waals surface area contributed by atoms with Crippen molar-refractivity contribution in [3.8, 4) is 0 Å². The molecule has 1 N–H and O–H groups in total. The minimum atomic E-state index is 0.0494. The van der Waals surface area contributed by atoms with E-state index in [4.69, 9.17) is 0 Å². The lowest BCUT2D eigenvalue weighted by atomic mass is 10.2. The first-order valence-electron chi connectivity index (χ1n) is 4.57. The molecule has 0 radical (unpaired) electrons. The SMILES string of the molecule is C[C@@H]1CN(C(=O)c2cnns2)CCN1. The van der Waals surface area contributed by atoms with Crippen molar-refractivity contribution in [1.82, 2.24) is 19.8 Å². The lowest BCUT2D eigenvalue weighted by molar-refractivity contribution is 0.0714. The van der Waals surface area contributed by atoms with E-state index in [-0.39, 0.29) is 5.91 Å². The van der Waals surface area contributed by atoms with Gasteiger partial charge in [-0.05, 0) is 18.5 Å². The maximum absolute atomic E-state index is 11.8. The molecule has 14 heavy (non-hydrogen) atoms. The molecular weight excluding hydrogens is 200 g/mol. The van der Waals surface area contributed by atoms with Gasteiger partial charge in [0.2, 0.25) is 0 Å². The standard InChI is InChI=1S/C8H12N4OS/c1-6-5-12(3-2-9-6)8(13)7-4-10-11-14-7/h4,6,9H,2-3,5H2,1H3/t6-/m1/s1. The third-order valence-electron chi connectivity index (χ3n) is 2.23. The summed E-state index contributed by atoms with van der Waals surface area (Å²) in [5.41, 5.74) is 0. The largest absolute Gasteiger partial charge is 0.335 e. The number of carbonyl (C=O) groups is 1. The van der Waals surface area contributed by atoms with Crippen LogP contribution in [-0.2, 0) is 0 Å². The summed E-state index contributed by atoms with van der Waals surface area (Å²) in [4.78, 5) is 14.3. The van der Waals surface area contributed by atoms with E-state index >= 15 is 0 Å². The number of aromatic nitrogens is 2. The highest BCUT2D eigenvalue weighted by atomic mass is 32.1. The number of nitrogens with one attached hydrogen (secondary N) is 1. The molecular formula is C8H12N4OS. The molecule has 6 heteroatoms. The van der Waals surface area contributed by atoms with E-state index < -0.39 is 0 Å². The van der Waals surface area contributed by atoms with Crippen LogP contribution < -0.4 is 5.32 Å². The second-order valence-electron chi connectivity index (χ2n) is 3.39. The van der Waals surface area contributed by atoms with Crippen molar-refractivity contribution in [2.75, 3.05) is 19.6 Å². The smallest absolute Gasteiger partial charge is 0.267 e. The van der Waals surface area contributed by atoms with Crippen molar-refractivity contribution in [2.24, 2.45) is 0 Å². The van der Waals surface area contributed by atoms with E-state index in [0.29, 0.717) is 10.9 Å². The Morgan fingerprint density at radius 2 is 2.64 bits per heavy atom. The highest BCUT2D eigenvalue weighted by Crippen LogP contribution is 2.09. The van der Waals surface area contributed by atoms with Gasteiger partial charge in [0, 0.05) is 25.7 Å². The summed E-state index contributed by atoms with van der Waals surface area (Å²) >= 11 is 1.15. The summed E-state index contributed by atoms with van der Waals surface area (Å²) in [5, 5.41) is 6.95. The summed E-state index contributed by atoms with van der Waals surface area (Å²) in [6, 6.07) is 0.369. The van der Waals surface area contributed by atoms with Gasteiger partial charge in [0.05, 0.1) is 6.20 Å². The summed E-state index contributed by atoms with van der Waals surface area (Å²) in [6.07, 6.45) is 1.53. The quantitative estimate of drug-likeness (QED) is 0.710. The number of rotatable bonds is 1. The zero-order valence-corrected chi connectivity index (χ0v) is 8.75. The van der Waals surface area contributed by atoms with E-state index in [1.54, 1.807) is 0 Å². The predicted octanol–water partition coefficient (Wildman–Crippen LogP) is -0.0280. The Labute approximate surface area is 86.3 Å². The van der Waals surface area contributed by atoms with Crippen LogP contribution in [0.15, 0.2) is 6.20 Å². The molecule has 1 saturated heterocycles. The molecule has 0 spiro atoms. The predicted molar refractivity (Wildman–Crippen MR) is 53.3 cm³/mol. The van der Waals surface area contributed by atoms with Crippen molar-refractivity contribution in [1.29, 1.82) is 0 Å². The van der Waals surface area contributed by atoms with Crippen LogP contribution in [0, 0.1) is 0 Å². The third kappa shape index (κ3) is 1.91. The Morgan fingerprint density at radius 1 is 1.79 bits per heavy atom. The van der Waals surface area contributed by atoms with Crippen molar-refractivity contribution < 1.29 is 4.79 Å². The Bertz CT molecular complexity index is 313. The van der Waals surface area contributed by atoms with Crippen LogP contribution in [0.4, 0.5) is 0 Å². The molecule has 1 amide bonds. The van der Waals surface area contributed by atoms with Crippen LogP contribution in [0.1, 0.15) is 16.6 Å². The Hall–Kier alpha value is -1.01. The normalized spacial score (nSPS) is 22.4. The first kappa shape index (κ1) is 9.54. The summed E-state index contributed by atoms with van der Waals surface area (Å²) in [7, 11) is 0. The van der Waals surface area contributed by atoms with Gasteiger partial charge in [0.25, 0.3) is 5.91 Å². The average Bonchev–Trinajstić information content (AvgIpc) is 2.69. The van der Waals surface area contributed by atoms with E-state index in [2.05, 4.69) is 21.8 Å². The monoisotopic (exact) mass is 212 g/mol. The van der Waals surface area contributed by atoms with Gasteiger partial charge in [-0.15, -0.1) is 5.10 Å². The van der Waals surface area contributed by atoms with Gasteiger partial charge in [-0.2, -0.15) is 0 Å². The molecule has 1 fully saturated rings. The van der Waals surface area contributed by atoms with Crippen LogP contribution in [0.3, 0.4) is 0 Å². The number of carbonyl (C=O) groups excluding carboxylic acids is 1. The van der Waals surface area contributed by atoms with Gasteiger partial charge < -0.3 is 10.2 Å². The molecule has 76 valence electrons. The molecule has 1 aromatic rings. The van der Waals surface area contributed by atoms with E-state index in [1.807, 2.05) is 4.90 Å². The molecule has 1 atom stereocenters. The fourth-order valence-corrected chi connectivity index (χ4v) is 2.02. The highest BCUT2D eigenvalue weighted by molar-refractivity contribution is 7.07. The third-order valence-corrected chi connectivity index (χ3v) is 2.88. The van der Waals surface area contributed by atoms with Crippen LogP contribution in [-0.4, -0.2) is 46.1 Å². The van der Waals surface area contributed by atoms with Crippen LogP contribution >= 0.6 is 11.5 Å². The van der Waals surface area contributed by atoms with E-state index in [1.165, 1.54) is 6.20 Å². The van der Waals surface area contributed by atoms with Crippen LogP contribution in [0.2, 0.25) is 0 Å². The van der Waals surface area contributed by atoms with Crippen molar-refractivity contribution >= 4 is 17.4 Å². The lowest BCUT2D eigenvalue weighted by Crippen LogP contribution is -2.51. The second kappa shape index (κ2) is 4.02. The fraction of sp³-hybridized carbons (Fsp3) is 0.625. The molecule has 1 aliphatic rings. The molecule has 0 unspecified atom stereocenters. The molecule has 0 aromatic carbocycles. The first-order chi connectivity index (χ1) is 6.77. The fourth-order valence-electron chi connectivity index (χ4n) is 1.53. The lowest BCUT2D eigenvalue weighted by Gasteiger charge is -2.31. The van der Waals surface area contributed by atoms with Gasteiger partial charge in [-0.25, -0.2) is 0 Å². The van der Waals surface area contributed by atoms with E-state index in [9.17, 15) is 4.79 Å². The molecule has 0 aliphatic carbocycles. The summed E-state index contributed by atoms with van der Waals surface area (Å²) < 4.78 is 3.69. The van der Waals surface area contributed by atoms with E-state index in [0.717, 1.165) is 31.2 Å². The zero-order chi connectivity index (χ0) is 9.97. The number of piperazine rings is 1.